The summed E-state index contributed by atoms with van der Waals surface area (Å²) in [6.45, 7) is 9.48. The van der Waals surface area contributed by atoms with Crippen LogP contribution in [0.2, 0.25) is 0 Å². The first-order chi connectivity index (χ1) is 9.14. The van der Waals surface area contributed by atoms with E-state index in [1.165, 1.54) is 12.0 Å². The number of hydrogen-bond acceptors (Lipinski definition) is 5. The maximum atomic E-state index is 12.1. The van der Waals surface area contributed by atoms with Gasteiger partial charge in [-0.2, -0.15) is 0 Å². The van der Waals surface area contributed by atoms with Crippen molar-refractivity contribution in [3.8, 4) is 0 Å². The van der Waals surface area contributed by atoms with Crippen LogP contribution >= 0.6 is 0 Å². The molecule has 0 bridgehead atoms. The van der Waals surface area contributed by atoms with E-state index in [1.54, 1.807) is 26.8 Å². The number of esters is 1. The molecule has 6 heteroatoms. The van der Waals surface area contributed by atoms with Crippen molar-refractivity contribution in [3.63, 3.8) is 0 Å². The predicted molar refractivity (Wildman–Crippen MR) is 75.0 cm³/mol. The van der Waals surface area contributed by atoms with Crippen LogP contribution in [0.4, 0.5) is 4.79 Å². The highest BCUT2D eigenvalue weighted by Gasteiger charge is 2.51. The molecule has 20 heavy (non-hydrogen) atoms. The molecule has 1 amide bonds. The van der Waals surface area contributed by atoms with Crippen molar-refractivity contribution in [2.75, 3.05) is 20.2 Å². The lowest BCUT2D eigenvalue weighted by molar-refractivity contribution is -0.148. The largest absolute Gasteiger partial charge is 0.468 e. The molecule has 2 atom stereocenters. The number of likely N-dealkylation sites (tertiary alicyclic amines) is 1. The van der Waals surface area contributed by atoms with Gasteiger partial charge in [-0.3, -0.25) is 0 Å². The third-order valence-electron chi connectivity index (χ3n) is 3.29. The molecule has 0 unspecified atom stereocenters. The third-order valence-corrected chi connectivity index (χ3v) is 3.29. The van der Waals surface area contributed by atoms with Gasteiger partial charge in [0.25, 0.3) is 0 Å². The van der Waals surface area contributed by atoms with Gasteiger partial charge in [-0.15, -0.1) is 6.58 Å². The zero-order chi connectivity index (χ0) is 15.6. The van der Waals surface area contributed by atoms with Crippen LogP contribution in [0.25, 0.3) is 0 Å². The predicted octanol–water partition coefficient (Wildman–Crippen LogP) is 1.30. The number of carbonyl (C=O) groups is 2. The molecular formula is C14H24N2O4. The van der Waals surface area contributed by atoms with Gasteiger partial charge in [-0.25, -0.2) is 9.59 Å². The number of allylic oxidation sites excluding steroid dienone is 1. The molecular weight excluding hydrogens is 260 g/mol. The van der Waals surface area contributed by atoms with Crippen LogP contribution in [0, 0.1) is 5.92 Å². The van der Waals surface area contributed by atoms with Gasteiger partial charge >= 0.3 is 12.1 Å². The molecule has 114 valence electrons. The molecule has 0 aromatic carbocycles. The van der Waals surface area contributed by atoms with Crippen molar-refractivity contribution >= 4 is 12.1 Å². The first-order valence-corrected chi connectivity index (χ1v) is 6.60. The Hall–Kier alpha value is -1.56. The molecule has 1 saturated heterocycles. The Kier molecular flexibility index (Phi) is 4.81. The van der Waals surface area contributed by atoms with Crippen molar-refractivity contribution in [3.05, 3.63) is 12.7 Å². The van der Waals surface area contributed by atoms with Crippen LogP contribution in [0.15, 0.2) is 12.7 Å². The number of nitrogens with zero attached hydrogens (tertiary/aromatic N) is 1. The summed E-state index contributed by atoms with van der Waals surface area (Å²) in [5.74, 6) is -0.740. The minimum atomic E-state index is -1.21. The van der Waals surface area contributed by atoms with Crippen LogP contribution in [0.3, 0.4) is 0 Å². The van der Waals surface area contributed by atoms with Crippen molar-refractivity contribution in [1.29, 1.82) is 0 Å². The summed E-state index contributed by atoms with van der Waals surface area (Å²) < 4.78 is 10.1. The Morgan fingerprint density at radius 2 is 2.10 bits per heavy atom. The van der Waals surface area contributed by atoms with Gasteiger partial charge in [0.05, 0.1) is 13.7 Å². The second kappa shape index (κ2) is 5.83. The summed E-state index contributed by atoms with van der Waals surface area (Å²) in [6, 6.07) is 0. The highest BCUT2D eigenvalue weighted by Crippen LogP contribution is 2.30. The minimum Gasteiger partial charge on any atom is -0.468 e. The molecule has 0 aliphatic carbocycles. The van der Waals surface area contributed by atoms with Gasteiger partial charge in [-0.05, 0) is 27.2 Å². The monoisotopic (exact) mass is 284 g/mol. The highest BCUT2D eigenvalue weighted by atomic mass is 16.6. The number of rotatable bonds is 3. The maximum absolute atomic E-state index is 12.1. The fourth-order valence-corrected chi connectivity index (χ4v) is 2.31. The number of amides is 1. The quantitative estimate of drug-likeness (QED) is 0.624. The lowest BCUT2D eigenvalue weighted by atomic mass is 9.86. The summed E-state index contributed by atoms with van der Waals surface area (Å²) >= 11 is 0. The minimum absolute atomic E-state index is 0.0904. The van der Waals surface area contributed by atoms with E-state index in [-0.39, 0.29) is 12.5 Å². The Morgan fingerprint density at radius 1 is 1.50 bits per heavy atom. The second-order valence-corrected chi connectivity index (χ2v) is 6.11. The van der Waals surface area contributed by atoms with Gasteiger partial charge in [0.2, 0.25) is 0 Å². The van der Waals surface area contributed by atoms with Crippen LogP contribution in [-0.4, -0.2) is 48.3 Å². The van der Waals surface area contributed by atoms with E-state index in [4.69, 9.17) is 15.2 Å². The van der Waals surface area contributed by atoms with Crippen molar-refractivity contribution in [2.24, 2.45) is 11.7 Å². The zero-order valence-electron chi connectivity index (χ0n) is 12.6. The lowest BCUT2D eigenvalue weighted by Crippen LogP contribution is -2.55. The van der Waals surface area contributed by atoms with Crippen molar-refractivity contribution < 1.29 is 19.1 Å². The van der Waals surface area contributed by atoms with E-state index in [2.05, 4.69) is 6.58 Å². The molecule has 0 saturated carbocycles. The van der Waals surface area contributed by atoms with Crippen molar-refractivity contribution in [2.45, 2.75) is 38.3 Å². The Labute approximate surface area is 119 Å². The van der Waals surface area contributed by atoms with Gasteiger partial charge in [0.1, 0.15) is 11.1 Å². The first-order valence-electron chi connectivity index (χ1n) is 6.60. The lowest BCUT2D eigenvalue weighted by Gasteiger charge is -2.26. The van der Waals surface area contributed by atoms with E-state index in [0.29, 0.717) is 13.0 Å². The molecule has 2 N–H and O–H groups in total. The first kappa shape index (κ1) is 16.5. The number of ether oxygens (including phenoxy) is 2. The fraction of sp³-hybridized carbons (Fsp3) is 0.714. The molecule has 1 aliphatic heterocycles. The molecule has 1 fully saturated rings. The summed E-state index contributed by atoms with van der Waals surface area (Å²) in [5.41, 5.74) is 4.37. The maximum Gasteiger partial charge on any atom is 0.410 e. The Bertz CT molecular complexity index is 402. The van der Waals surface area contributed by atoms with Gasteiger partial charge in [-0.1, -0.05) is 6.08 Å². The number of hydrogen-bond donors (Lipinski definition) is 1. The Morgan fingerprint density at radius 3 is 2.55 bits per heavy atom. The van der Waals surface area contributed by atoms with E-state index < -0.39 is 23.2 Å². The second-order valence-electron chi connectivity index (χ2n) is 6.11. The third kappa shape index (κ3) is 3.50. The highest BCUT2D eigenvalue weighted by molar-refractivity contribution is 5.83. The van der Waals surface area contributed by atoms with Crippen LogP contribution in [0.5, 0.6) is 0 Å². The molecule has 1 aliphatic rings. The average molecular weight is 284 g/mol. The molecule has 0 radical (unpaired) electrons. The van der Waals surface area contributed by atoms with E-state index >= 15 is 0 Å². The average Bonchev–Trinajstić information content (AvgIpc) is 2.66. The van der Waals surface area contributed by atoms with E-state index in [0.717, 1.165) is 0 Å². The summed E-state index contributed by atoms with van der Waals surface area (Å²) in [5, 5.41) is 0. The number of carbonyl (C=O) groups excluding carboxylic acids is 2. The molecule has 0 spiro atoms. The number of methoxy groups -OCH3 is 1. The van der Waals surface area contributed by atoms with Gasteiger partial charge in [0, 0.05) is 12.5 Å². The van der Waals surface area contributed by atoms with E-state index in [9.17, 15) is 9.59 Å². The molecule has 1 heterocycles. The topological polar surface area (TPSA) is 81.9 Å². The summed E-state index contributed by atoms with van der Waals surface area (Å²) in [4.78, 5) is 25.4. The SMILES string of the molecule is C=CC[C@H]1CN(C(=O)OC(C)(C)C)C[C@@]1(N)C(=O)OC. The van der Waals surface area contributed by atoms with Gasteiger partial charge < -0.3 is 20.1 Å². The summed E-state index contributed by atoms with van der Waals surface area (Å²) in [7, 11) is 1.29. The van der Waals surface area contributed by atoms with Crippen LogP contribution < -0.4 is 5.73 Å². The van der Waals surface area contributed by atoms with Crippen molar-refractivity contribution in [1.82, 2.24) is 4.90 Å². The van der Waals surface area contributed by atoms with Gasteiger partial charge in [0.15, 0.2) is 0 Å². The fourth-order valence-electron chi connectivity index (χ4n) is 2.31. The number of nitrogens with two attached hydrogens (primary N) is 1. The zero-order valence-corrected chi connectivity index (χ0v) is 12.6. The summed E-state index contributed by atoms with van der Waals surface area (Å²) in [6.07, 6.45) is 1.75. The van der Waals surface area contributed by atoms with Crippen LogP contribution in [-0.2, 0) is 14.3 Å². The molecule has 0 aromatic heterocycles. The standard InChI is InChI=1S/C14H24N2O4/c1-6-7-10-8-16(12(18)20-13(2,3)4)9-14(10,15)11(17)19-5/h6,10H,1,7-9,15H2,2-5H3/t10-,14-/m0/s1. The van der Waals surface area contributed by atoms with E-state index in [1.807, 2.05) is 0 Å². The normalized spacial score (nSPS) is 26.2. The van der Waals surface area contributed by atoms with Crippen LogP contribution in [0.1, 0.15) is 27.2 Å². The Balaban J connectivity index is 2.88. The molecule has 6 nitrogen and oxygen atoms in total. The smallest absolute Gasteiger partial charge is 0.410 e. The molecule has 1 rings (SSSR count). The molecule has 0 aromatic rings.